The third kappa shape index (κ3) is 3.69. The van der Waals surface area contributed by atoms with Crippen molar-refractivity contribution in [3.63, 3.8) is 0 Å². The van der Waals surface area contributed by atoms with Crippen LogP contribution in [0.2, 0.25) is 0 Å². The lowest BCUT2D eigenvalue weighted by Crippen LogP contribution is -2.39. The third-order valence-electron chi connectivity index (χ3n) is 5.39. The first-order valence-electron chi connectivity index (χ1n) is 9.98. The van der Waals surface area contributed by atoms with Gasteiger partial charge in [-0.2, -0.15) is 5.10 Å². The van der Waals surface area contributed by atoms with Crippen molar-refractivity contribution in [1.29, 1.82) is 0 Å². The van der Waals surface area contributed by atoms with Crippen molar-refractivity contribution in [2.24, 2.45) is 0 Å². The van der Waals surface area contributed by atoms with Gasteiger partial charge in [-0.3, -0.25) is 9.59 Å². The second-order valence-electron chi connectivity index (χ2n) is 7.34. The molecule has 7 nitrogen and oxygen atoms in total. The predicted molar refractivity (Wildman–Crippen MR) is 107 cm³/mol. The number of rotatable bonds is 5. The molecule has 1 aromatic carbocycles. The van der Waals surface area contributed by atoms with Crippen LogP contribution in [-0.4, -0.2) is 43.6 Å². The van der Waals surface area contributed by atoms with Gasteiger partial charge in [0.1, 0.15) is 11.5 Å². The summed E-state index contributed by atoms with van der Waals surface area (Å²) in [4.78, 5) is 34.7. The van der Waals surface area contributed by atoms with E-state index in [0.29, 0.717) is 31.2 Å². The summed E-state index contributed by atoms with van der Waals surface area (Å²) in [5.41, 5.74) is 2.22. The van der Waals surface area contributed by atoms with Crippen LogP contribution in [0.3, 0.4) is 0 Å². The highest BCUT2D eigenvalue weighted by Gasteiger charge is 2.27. The van der Waals surface area contributed by atoms with Crippen LogP contribution in [0.15, 0.2) is 41.2 Å². The number of carbonyl (C=O) groups is 1. The molecule has 146 valence electrons. The number of piperidine rings is 1. The average molecular weight is 379 g/mol. The van der Waals surface area contributed by atoms with Crippen LogP contribution in [0.1, 0.15) is 54.8 Å². The summed E-state index contributed by atoms with van der Waals surface area (Å²) in [5, 5.41) is 4.29. The van der Waals surface area contributed by atoms with E-state index >= 15 is 0 Å². The van der Waals surface area contributed by atoms with Gasteiger partial charge in [-0.05, 0) is 37.5 Å². The number of carbonyl (C=O) groups excluding carboxylic acids is 1. The van der Waals surface area contributed by atoms with Gasteiger partial charge in [-0.25, -0.2) is 9.67 Å². The fourth-order valence-electron chi connectivity index (χ4n) is 3.71. The van der Waals surface area contributed by atoms with E-state index in [4.69, 9.17) is 4.98 Å². The van der Waals surface area contributed by atoms with E-state index in [2.05, 4.69) is 17.0 Å². The summed E-state index contributed by atoms with van der Waals surface area (Å²) in [6.45, 7) is 3.93. The number of nitrogens with one attached hydrogen (secondary N) is 1. The molecule has 0 bridgehead atoms. The summed E-state index contributed by atoms with van der Waals surface area (Å²) in [6, 6.07) is 11.0. The van der Waals surface area contributed by atoms with Gasteiger partial charge in [0.05, 0.1) is 11.0 Å². The Morgan fingerprint density at radius 3 is 2.71 bits per heavy atom. The molecule has 28 heavy (non-hydrogen) atoms. The molecule has 3 heterocycles. The van der Waals surface area contributed by atoms with Crippen molar-refractivity contribution in [3.05, 3.63) is 58.3 Å². The molecular formula is C21H25N5O2. The number of fused-ring (bicyclic) bond motifs is 1. The van der Waals surface area contributed by atoms with Crippen molar-refractivity contribution in [3.8, 4) is 0 Å². The highest BCUT2D eigenvalue weighted by molar-refractivity contribution is 5.92. The number of aromatic nitrogens is 4. The molecule has 1 saturated heterocycles. The lowest BCUT2D eigenvalue weighted by atomic mass is 9.96. The van der Waals surface area contributed by atoms with Crippen LogP contribution < -0.4 is 5.56 Å². The van der Waals surface area contributed by atoms with Gasteiger partial charge in [-0.1, -0.05) is 25.5 Å². The summed E-state index contributed by atoms with van der Waals surface area (Å²) in [5.74, 6) is 1.22. The summed E-state index contributed by atoms with van der Waals surface area (Å²) in [6.07, 6.45) is 3.57. The van der Waals surface area contributed by atoms with Crippen LogP contribution in [0.25, 0.3) is 11.0 Å². The van der Waals surface area contributed by atoms with E-state index in [-0.39, 0.29) is 11.5 Å². The zero-order valence-electron chi connectivity index (χ0n) is 16.1. The number of imidazole rings is 1. The Balaban J connectivity index is 1.43. The predicted octanol–water partition coefficient (Wildman–Crippen LogP) is 2.94. The first-order chi connectivity index (χ1) is 13.7. The quantitative estimate of drug-likeness (QED) is 0.739. The highest BCUT2D eigenvalue weighted by Crippen LogP contribution is 2.28. The fourth-order valence-corrected chi connectivity index (χ4v) is 3.71. The molecule has 3 aromatic rings. The molecule has 0 spiro atoms. The maximum absolute atomic E-state index is 12.8. The van der Waals surface area contributed by atoms with Gasteiger partial charge in [0, 0.05) is 31.6 Å². The maximum Gasteiger partial charge on any atom is 0.274 e. The Morgan fingerprint density at radius 2 is 1.96 bits per heavy atom. The Labute approximate surface area is 163 Å². The van der Waals surface area contributed by atoms with E-state index in [1.807, 2.05) is 29.2 Å². The zero-order valence-corrected chi connectivity index (χ0v) is 16.1. The summed E-state index contributed by atoms with van der Waals surface area (Å²) in [7, 11) is 0. The molecule has 0 unspecified atom stereocenters. The molecule has 0 radical (unpaired) electrons. The highest BCUT2D eigenvalue weighted by atomic mass is 16.2. The van der Waals surface area contributed by atoms with Crippen molar-refractivity contribution in [2.75, 3.05) is 13.1 Å². The van der Waals surface area contributed by atoms with Gasteiger partial charge in [0.2, 0.25) is 0 Å². The molecular weight excluding hydrogens is 354 g/mol. The zero-order chi connectivity index (χ0) is 19.5. The minimum absolute atomic E-state index is 0.103. The molecule has 0 atom stereocenters. The maximum atomic E-state index is 12.8. The van der Waals surface area contributed by atoms with Crippen LogP contribution in [0, 0.1) is 0 Å². The SMILES string of the molecule is CCCCn1nc(C(=O)N2CCC(c3nc4ccccc4[nH]3)CC2)ccc1=O. The number of likely N-dealkylation sites (tertiary alicyclic amines) is 1. The number of para-hydroxylation sites is 2. The Bertz CT molecular complexity index is 997. The van der Waals surface area contributed by atoms with Crippen molar-refractivity contribution < 1.29 is 4.79 Å². The second kappa shape index (κ2) is 7.96. The number of aromatic amines is 1. The van der Waals surface area contributed by atoms with Crippen LogP contribution >= 0.6 is 0 Å². The van der Waals surface area contributed by atoms with Crippen LogP contribution in [0.4, 0.5) is 0 Å². The van der Waals surface area contributed by atoms with E-state index in [1.165, 1.54) is 10.7 Å². The molecule has 0 aliphatic carbocycles. The number of unbranched alkanes of at least 4 members (excludes halogenated alkanes) is 1. The lowest BCUT2D eigenvalue weighted by molar-refractivity contribution is 0.0702. The number of benzene rings is 1. The van der Waals surface area contributed by atoms with E-state index < -0.39 is 0 Å². The average Bonchev–Trinajstić information content (AvgIpc) is 3.17. The molecule has 2 aromatic heterocycles. The first kappa shape index (κ1) is 18.4. The van der Waals surface area contributed by atoms with Crippen LogP contribution in [0.5, 0.6) is 0 Å². The summed E-state index contributed by atoms with van der Waals surface area (Å²) >= 11 is 0. The van der Waals surface area contributed by atoms with Crippen molar-refractivity contribution in [1.82, 2.24) is 24.6 Å². The third-order valence-corrected chi connectivity index (χ3v) is 5.39. The van der Waals surface area contributed by atoms with Crippen molar-refractivity contribution >= 4 is 16.9 Å². The Hall–Kier alpha value is -2.96. The van der Waals surface area contributed by atoms with E-state index in [9.17, 15) is 9.59 Å². The number of hydrogen-bond acceptors (Lipinski definition) is 4. The van der Waals surface area contributed by atoms with Gasteiger partial charge < -0.3 is 9.88 Å². The van der Waals surface area contributed by atoms with Gasteiger partial charge in [0.15, 0.2) is 0 Å². The minimum atomic E-state index is -0.159. The number of nitrogens with zero attached hydrogens (tertiary/aromatic N) is 4. The number of amides is 1. The van der Waals surface area contributed by atoms with Crippen molar-refractivity contribution in [2.45, 2.75) is 45.1 Å². The monoisotopic (exact) mass is 379 g/mol. The normalized spacial score (nSPS) is 15.2. The first-order valence-corrected chi connectivity index (χ1v) is 9.98. The van der Waals surface area contributed by atoms with Gasteiger partial charge in [-0.15, -0.1) is 0 Å². The fraction of sp³-hybridized carbons (Fsp3) is 0.429. The van der Waals surface area contributed by atoms with Gasteiger partial charge in [0.25, 0.3) is 11.5 Å². The number of aryl methyl sites for hydroxylation is 1. The smallest absolute Gasteiger partial charge is 0.274 e. The van der Waals surface area contributed by atoms with E-state index in [1.54, 1.807) is 6.07 Å². The molecule has 0 saturated carbocycles. The molecule has 1 aliphatic heterocycles. The molecule has 1 N–H and O–H groups in total. The molecule has 4 rings (SSSR count). The Morgan fingerprint density at radius 1 is 1.18 bits per heavy atom. The summed E-state index contributed by atoms with van der Waals surface area (Å²) < 4.78 is 1.40. The standard InChI is InChI=1S/C21H25N5O2/c1-2-3-12-26-19(27)9-8-18(24-26)21(28)25-13-10-15(11-14-25)20-22-16-6-4-5-7-17(16)23-20/h4-9,15H,2-3,10-14H2,1H3,(H,22,23). The Kier molecular flexibility index (Phi) is 5.23. The van der Waals surface area contributed by atoms with Gasteiger partial charge >= 0.3 is 0 Å². The number of hydrogen-bond donors (Lipinski definition) is 1. The largest absolute Gasteiger partial charge is 0.342 e. The molecule has 1 amide bonds. The molecule has 1 fully saturated rings. The second-order valence-corrected chi connectivity index (χ2v) is 7.34. The topological polar surface area (TPSA) is 83.9 Å². The molecule has 1 aliphatic rings. The van der Waals surface area contributed by atoms with E-state index in [0.717, 1.165) is 42.5 Å². The minimum Gasteiger partial charge on any atom is -0.342 e. The molecule has 7 heteroatoms. The number of H-pyrrole nitrogens is 1. The lowest BCUT2D eigenvalue weighted by Gasteiger charge is -2.31. The van der Waals surface area contributed by atoms with Crippen LogP contribution in [-0.2, 0) is 6.54 Å².